The van der Waals surface area contributed by atoms with E-state index in [4.69, 9.17) is 0 Å². The van der Waals surface area contributed by atoms with Gasteiger partial charge in [-0.25, -0.2) is 4.98 Å². The fourth-order valence-corrected chi connectivity index (χ4v) is 2.48. The van der Waals surface area contributed by atoms with E-state index in [-0.39, 0.29) is 11.4 Å². The standard InChI is InChI=1S/C12H10BrF3N2OS/c1-7-18-9(6-20-7)5-17-10-3-2-8(13)4-11(10)19-12(14,15)16/h2-4,6,17H,5H2,1H3. The summed E-state index contributed by atoms with van der Waals surface area (Å²) >= 11 is 4.60. The van der Waals surface area contributed by atoms with Crippen LogP contribution in [0, 0.1) is 6.92 Å². The Hall–Kier alpha value is -1.28. The maximum atomic E-state index is 12.3. The molecule has 0 aliphatic rings. The Kier molecular flexibility index (Phi) is 4.54. The van der Waals surface area contributed by atoms with Gasteiger partial charge in [-0.05, 0) is 25.1 Å². The minimum absolute atomic E-state index is 0.260. The first-order valence-corrected chi connectivity index (χ1v) is 7.21. The maximum absolute atomic E-state index is 12.3. The van der Waals surface area contributed by atoms with Gasteiger partial charge in [-0.2, -0.15) is 0 Å². The van der Waals surface area contributed by atoms with Crippen molar-refractivity contribution in [2.75, 3.05) is 5.32 Å². The average Bonchev–Trinajstić information content (AvgIpc) is 2.72. The Morgan fingerprint density at radius 1 is 1.40 bits per heavy atom. The van der Waals surface area contributed by atoms with E-state index in [2.05, 4.69) is 31.0 Å². The molecule has 1 N–H and O–H groups in total. The van der Waals surface area contributed by atoms with Crippen molar-refractivity contribution in [1.82, 2.24) is 4.98 Å². The number of nitrogens with one attached hydrogen (secondary N) is 1. The number of nitrogens with zero attached hydrogens (tertiary/aromatic N) is 1. The number of rotatable bonds is 4. The van der Waals surface area contributed by atoms with Crippen LogP contribution in [0.25, 0.3) is 0 Å². The van der Waals surface area contributed by atoms with Gasteiger partial charge < -0.3 is 10.1 Å². The molecule has 1 heterocycles. The minimum atomic E-state index is -4.73. The smallest absolute Gasteiger partial charge is 0.404 e. The molecule has 0 radical (unpaired) electrons. The van der Waals surface area contributed by atoms with E-state index < -0.39 is 6.36 Å². The summed E-state index contributed by atoms with van der Waals surface area (Å²) in [6, 6.07) is 4.42. The number of hydrogen-bond donors (Lipinski definition) is 1. The summed E-state index contributed by atoms with van der Waals surface area (Å²) in [6.07, 6.45) is -4.73. The number of halogens is 4. The lowest BCUT2D eigenvalue weighted by molar-refractivity contribution is -0.274. The number of anilines is 1. The third-order valence-electron chi connectivity index (χ3n) is 2.30. The Labute approximate surface area is 125 Å². The largest absolute Gasteiger partial charge is 0.573 e. The topological polar surface area (TPSA) is 34.2 Å². The van der Waals surface area contributed by atoms with Gasteiger partial charge >= 0.3 is 6.36 Å². The van der Waals surface area contributed by atoms with Gasteiger partial charge in [0.1, 0.15) is 0 Å². The monoisotopic (exact) mass is 366 g/mol. The number of aryl methyl sites for hydroxylation is 1. The first kappa shape index (κ1) is 15.1. The molecule has 3 nitrogen and oxygen atoms in total. The molecule has 8 heteroatoms. The Morgan fingerprint density at radius 2 is 2.15 bits per heavy atom. The van der Waals surface area contributed by atoms with Gasteiger partial charge in [0.25, 0.3) is 0 Å². The highest BCUT2D eigenvalue weighted by Gasteiger charge is 2.32. The van der Waals surface area contributed by atoms with Crippen LogP contribution in [0.2, 0.25) is 0 Å². The summed E-state index contributed by atoms with van der Waals surface area (Å²) in [5.74, 6) is -0.279. The molecule has 0 spiro atoms. The fraction of sp³-hybridized carbons (Fsp3) is 0.250. The van der Waals surface area contributed by atoms with Crippen LogP contribution in [0.5, 0.6) is 5.75 Å². The number of alkyl halides is 3. The van der Waals surface area contributed by atoms with Crippen LogP contribution in [0.1, 0.15) is 10.7 Å². The molecule has 2 aromatic rings. The summed E-state index contributed by atoms with van der Waals surface area (Å²) in [5, 5.41) is 5.65. The summed E-state index contributed by atoms with van der Waals surface area (Å²) in [7, 11) is 0. The lowest BCUT2D eigenvalue weighted by atomic mass is 10.3. The molecular weight excluding hydrogens is 357 g/mol. The normalized spacial score (nSPS) is 11.4. The van der Waals surface area contributed by atoms with Crippen LogP contribution in [0.4, 0.5) is 18.9 Å². The average molecular weight is 367 g/mol. The second-order valence-electron chi connectivity index (χ2n) is 3.90. The van der Waals surface area contributed by atoms with Crippen LogP contribution < -0.4 is 10.1 Å². The van der Waals surface area contributed by atoms with Gasteiger partial charge in [-0.3, -0.25) is 0 Å². The van der Waals surface area contributed by atoms with Crippen molar-refractivity contribution in [2.24, 2.45) is 0 Å². The van der Waals surface area contributed by atoms with Gasteiger partial charge in [0, 0.05) is 9.85 Å². The Morgan fingerprint density at radius 3 is 2.75 bits per heavy atom. The number of benzene rings is 1. The predicted molar refractivity (Wildman–Crippen MR) is 75.0 cm³/mol. The summed E-state index contributed by atoms with van der Waals surface area (Å²) in [6.45, 7) is 2.20. The Bertz CT molecular complexity index is 601. The van der Waals surface area contributed by atoms with Crippen molar-refractivity contribution in [2.45, 2.75) is 19.8 Å². The maximum Gasteiger partial charge on any atom is 0.573 e. The van der Waals surface area contributed by atoms with Crippen molar-refractivity contribution >= 4 is 33.0 Å². The van der Waals surface area contributed by atoms with E-state index in [1.165, 1.54) is 23.5 Å². The molecule has 0 fully saturated rings. The molecule has 0 saturated carbocycles. The van der Waals surface area contributed by atoms with Crippen LogP contribution in [0.3, 0.4) is 0 Å². The third kappa shape index (κ3) is 4.38. The molecule has 0 aliphatic carbocycles. The van der Waals surface area contributed by atoms with E-state index in [1.54, 1.807) is 6.07 Å². The van der Waals surface area contributed by atoms with E-state index in [9.17, 15) is 13.2 Å². The van der Waals surface area contributed by atoms with Crippen LogP contribution in [-0.4, -0.2) is 11.3 Å². The molecule has 0 saturated heterocycles. The quantitative estimate of drug-likeness (QED) is 0.849. The van der Waals surface area contributed by atoms with Gasteiger partial charge in [0.2, 0.25) is 0 Å². The summed E-state index contributed by atoms with van der Waals surface area (Å²) in [4.78, 5) is 4.23. The second-order valence-corrected chi connectivity index (χ2v) is 5.88. The highest BCUT2D eigenvalue weighted by molar-refractivity contribution is 9.10. The summed E-state index contributed by atoms with van der Waals surface area (Å²) in [5.41, 5.74) is 1.03. The van der Waals surface area contributed by atoms with Gasteiger partial charge in [0.15, 0.2) is 5.75 Å². The van der Waals surface area contributed by atoms with Crippen LogP contribution in [-0.2, 0) is 6.54 Å². The number of thiazole rings is 1. The molecule has 0 bridgehead atoms. The molecule has 20 heavy (non-hydrogen) atoms. The second kappa shape index (κ2) is 6.01. The highest BCUT2D eigenvalue weighted by atomic mass is 79.9. The van der Waals surface area contributed by atoms with Crippen molar-refractivity contribution in [3.05, 3.63) is 38.8 Å². The highest BCUT2D eigenvalue weighted by Crippen LogP contribution is 2.33. The van der Waals surface area contributed by atoms with E-state index in [1.807, 2.05) is 12.3 Å². The van der Waals surface area contributed by atoms with E-state index in [0.29, 0.717) is 11.0 Å². The zero-order valence-electron chi connectivity index (χ0n) is 10.3. The lowest BCUT2D eigenvalue weighted by Crippen LogP contribution is -2.18. The van der Waals surface area contributed by atoms with Crippen molar-refractivity contribution in [3.63, 3.8) is 0 Å². The third-order valence-corrected chi connectivity index (χ3v) is 3.61. The van der Waals surface area contributed by atoms with Crippen molar-refractivity contribution in [1.29, 1.82) is 0 Å². The van der Waals surface area contributed by atoms with Crippen molar-refractivity contribution < 1.29 is 17.9 Å². The van der Waals surface area contributed by atoms with Crippen molar-refractivity contribution in [3.8, 4) is 5.75 Å². The first-order valence-electron chi connectivity index (χ1n) is 5.54. The van der Waals surface area contributed by atoms with Crippen LogP contribution in [0.15, 0.2) is 28.1 Å². The zero-order valence-corrected chi connectivity index (χ0v) is 12.7. The molecule has 108 valence electrons. The van der Waals surface area contributed by atoms with Gasteiger partial charge in [-0.15, -0.1) is 24.5 Å². The van der Waals surface area contributed by atoms with Gasteiger partial charge in [0.05, 0.1) is 22.9 Å². The SMILES string of the molecule is Cc1nc(CNc2ccc(Br)cc2OC(F)(F)F)cs1. The van der Waals surface area contributed by atoms with Gasteiger partial charge in [-0.1, -0.05) is 15.9 Å². The fourth-order valence-electron chi connectivity index (χ4n) is 1.53. The molecular formula is C12H10BrF3N2OS. The number of aromatic nitrogens is 1. The van der Waals surface area contributed by atoms with Crippen LogP contribution >= 0.6 is 27.3 Å². The summed E-state index contributed by atoms with van der Waals surface area (Å²) < 4.78 is 41.5. The zero-order chi connectivity index (χ0) is 14.8. The minimum Gasteiger partial charge on any atom is -0.404 e. The molecule has 2 rings (SSSR count). The molecule has 0 unspecified atom stereocenters. The Balaban J connectivity index is 2.14. The van der Waals surface area contributed by atoms with E-state index >= 15 is 0 Å². The molecule has 0 amide bonds. The molecule has 1 aromatic heterocycles. The first-order chi connectivity index (χ1) is 9.33. The number of ether oxygens (including phenoxy) is 1. The predicted octanol–water partition coefficient (Wildman–Crippen LogP) is 4.72. The lowest BCUT2D eigenvalue weighted by Gasteiger charge is -2.14. The molecule has 1 aromatic carbocycles. The van der Waals surface area contributed by atoms with E-state index in [0.717, 1.165) is 10.7 Å². The molecule has 0 atom stereocenters. The number of hydrogen-bond acceptors (Lipinski definition) is 4. The molecule has 0 aliphatic heterocycles.